The molecule has 8 heteroatoms. The van der Waals surface area contributed by atoms with Gasteiger partial charge in [-0.15, -0.1) is 0 Å². The van der Waals surface area contributed by atoms with Gasteiger partial charge in [0.2, 0.25) is 5.91 Å². The lowest BCUT2D eigenvalue weighted by molar-refractivity contribution is -0.122. The number of fused-ring (bicyclic) bond motifs is 1. The Hall–Kier alpha value is -3.10. The Kier molecular flexibility index (Phi) is 6.92. The standard InChI is InChI=1S/C24H30N4O4/c1-3-27-20-6-4-5-7-21(20)28(24(27)30)17-23(29)25-16-22(26-12-14-32-15-13-26)18-8-10-19(31-2)11-9-18/h4-11,22H,3,12-17H2,1-2H3,(H,25,29). The summed E-state index contributed by atoms with van der Waals surface area (Å²) in [6.45, 7) is 5.88. The number of amides is 1. The summed E-state index contributed by atoms with van der Waals surface area (Å²) in [5.41, 5.74) is 2.56. The number of ether oxygens (including phenoxy) is 2. The van der Waals surface area contributed by atoms with Crippen molar-refractivity contribution in [2.45, 2.75) is 26.1 Å². The van der Waals surface area contributed by atoms with Crippen molar-refractivity contribution in [1.29, 1.82) is 0 Å². The number of hydrogen-bond acceptors (Lipinski definition) is 5. The summed E-state index contributed by atoms with van der Waals surface area (Å²) >= 11 is 0. The van der Waals surface area contributed by atoms with Crippen molar-refractivity contribution < 1.29 is 14.3 Å². The summed E-state index contributed by atoms with van der Waals surface area (Å²) in [7, 11) is 1.64. The zero-order valence-electron chi connectivity index (χ0n) is 18.6. The summed E-state index contributed by atoms with van der Waals surface area (Å²) in [6.07, 6.45) is 0. The number of nitrogens with one attached hydrogen (secondary N) is 1. The van der Waals surface area contributed by atoms with Crippen LogP contribution in [0, 0.1) is 0 Å². The number of carbonyl (C=O) groups is 1. The molecule has 4 rings (SSSR count). The quantitative estimate of drug-likeness (QED) is 0.582. The second-order valence-corrected chi connectivity index (χ2v) is 7.84. The van der Waals surface area contributed by atoms with Crippen LogP contribution in [0.25, 0.3) is 11.0 Å². The normalized spacial score (nSPS) is 15.6. The molecule has 1 aliphatic rings. The third-order valence-corrected chi connectivity index (χ3v) is 6.02. The van der Waals surface area contributed by atoms with Crippen LogP contribution in [0.15, 0.2) is 53.3 Å². The van der Waals surface area contributed by atoms with E-state index in [-0.39, 0.29) is 24.2 Å². The number of para-hydroxylation sites is 2. The van der Waals surface area contributed by atoms with Crippen molar-refractivity contribution in [3.63, 3.8) is 0 Å². The molecule has 1 aromatic heterocycles. The number of nitrogens with zero attached hydrogens (tertiary/aromatic N) is 3. The highest BCUT2D eigenvalue weighted by molar-refractivity contribution is 5.81. The lowest BCUT2D eigenvalue weighted by atomic mass is 10.0. The number of carbonyl (C=O) groups excluding carboxylic acids is 1. The van der Waals surface area contributed by atoms with Crippen LogP contribution < -0.4 is 15.7 Å². The summed E-state index contributed by atoms with van der Waals surface area (Å²) in [6, 6.07) is 15.5. The fourth-order valence-corrected chi connectivity index (χ4v) is 4.31. The first-order valence-corrected chi connectivity index (χ1v) is 11.0. The lowest BCUT2D eigenvalue weighted by Crippen LogP contribution is -2.44. The van der Waals surface area contributed by atoms with Crippen molar-refractivity contribution >= 4 is 16.9 Å². The molecule has 1 aliphatic heterocycles. The molecule has 32 heavy (non-hydrogen) atoms. The predicted octanol–water partition coefficient (Wildman–Crippen LogP) is 2.02. The van der Waals surface area contributed by atoms with Crippen molar-refractivity contribution in [3.05, 3.63) is 64.6 Å². The van der Waals surface area contributed by atoms with E-state index in [4.69, 9.17) is 9.47 Å². The van der Waals surface area contributed by atoms with E-state index in [1.54, 1.807) is 16.2 Å². The van der Waals surface area contributed by atoms with Gasteiger partial charge >= 0.3 is 5.69 Å². The zero-order valence-corrected chi connectivity index (χ0v) is 18.6. The highest BCUT2D eigenvalue weighted by atomic mass is 16.5. The summed E-state index contributed by atoms with van der Waals surface area (Å²) in [5.74, 6) is 0.614. The maximum Gasteiger partial charge on any atom is 0.329 e. The molecule has 0 spiro atoms. The minimum Gasteiger partial charge on any atom is -0.497 e. The molecule has 0 aliphatic carbocycles. The van der Waals surface area contributed by atoms with Gasteiger partial charge in [0.1, 0.15) is 12.3 Å². The zero-order chi connectivity index (χ0) is 22.5. The molecule has 2 aromatic carbocycles. The predicted molar refractivity (Wildman–Crippen MR) is 123 cm³/mol. The van der Waals surface area contributed by atoms with Crippen molar-refractivity contribution in [3.8, 4) is 5.75 Å². The third kappa shape index (κ3) is 4.56. The summed E-state index contributed by atoms with van der Waals surface area (Å²) in [5, 5.41) is 3.05. The van der Waals surface area contributed by atoms with Crippen LogP contribution in [0.3, 0.4) is 0 Å². The first kappa shape index (κ1) is 22.1. The van der Waals surface area contributed by atoms with Gasteiger partial charge in [-0.1, -0.05) is 24.3 Å². The van der Waals surface area contributed by atoms with E-state index in [0.29, 0.717) is 26.3 Å². The van der Waals surface area contributed by atoms with Crippen molar-refractivity contribution in [1.82, 2.24) is 19.4 Å². The summed E-state index contributed by atoms with van der Waals surface area (Å²) in [4.78, 5) is 28.0. The number of aromatic nitrogens is 2. The van der Waals surface area contributed by atoms with Crippen LogP contribution in [0.4, 0.5) is 0 Å². The smallest absolute Gasteiger partial charge is 0.329 e. The van der Waals surface area contributed by atoms with E-state index >= 15 is 0 Å². The second kappa shape index (κ2) is 10.0. The van der Waals surface area contributed by atoms with Gasteiger partial charge in [-0.25, -0.2) is 4.79 Å². The Balaban J connectivity index is 1.50. The Labute approximate surface area is 187 Å². The number of hydrogen-bond donors (Lipinski definition) is 1. The molecule has 1 amide bonds. The highest BCUT2D eigenvalue weighted by Gasteiger charge is 2.24. The van der Waals surface area contributed by atoms with Gasteiger partial charge in [-0.2, -0.15) is 0 Å². The Morgan fingerprint density at radius 2 is 1.72 bits per heavy atom. The van der Waals surface area contributed by atoms with E-state index in [0.717, 1.165) is 35.4 Å². The van der Waals surface area contributed by atoms with Gasteiger partial charge in [0.25, 0.3) is 0 Å². The molecule has 1 N–H and O–H groups in total. The minimum absolute atomic E-state index is 0.00914. The van der Waals surface area contributed by atoms with Gasteiger partial charge in [-0.3, -0.25) is 18.8 Å². The van der Waals surface area contributed by atoms with Crippen LogP contribution in [-0.2, 0) is 22.6 Å². The Morgan fingerprint density at radius 1 is 1.06 bits per heavy atom. The Bertz CT molecular complexity index is 1110. The third-order valence-electron chi connectivity index (χ3n) is 6.02. The van der Waals surface area contributed by atoms with E-state index in [1.807, 2.05) is 55.5 Å². The van der Waals surface area contributed by atoms with Gasteiger partial charge < -0.3 is 14.8 Å². The number of imidazole rings is 1. The van der Waals surface area contributed by atoms with E-state index in [9.17, 15) is 9.59 Å². The molecule has 0 saturated carbocycles. The van der Waals surface area contributed by atoms with Crippen molar-refractivity contribution in [2.24, 2.45) is 0 Å². The Morgan fingerprint density at radius 3 is 2.34 bits per heavy atom. The van der Waals surface area contributed by atoms with Gasteiger partial charge in [0.15, 0.2) is 0 Å². The fourth-order valence-electron chi connectivity index (χ4n) is 4.31. The number of aryl methyl sites for hydroxylation is 1. The van der Waals surface area contributed by atoms with Crippen LogP contribution in [0.1, 0.15) is 18.5 Å². The van der Waals surface area contributed by atoms with Crippen LogP contribution >= 0.6 is 0 Å². The summed E-state index contributed by atoms with van der Waals surface area (Å²) < 4.78 is 14.0. The molecule has 8 nitrogen and oxygen atoms in total. The molecule has 0 radical (unpaired) electrons. The average molecular weight is 439 g/mol. The van der Waals surface area contributed by atoms with Gasteiger partial charge in [0, 0.05) is 26.2 Å². The first-order chi connectivity index (χ1) is 15.6. The van der Waals surface area contributed by atoms with Crippen LogP contribution in [0.2, 0.25) is 0 Å². The van der Waals surface area contributed by atoms with E-state index in [2.05, 4.69) is 10.2 Å². The molecule has 1 fully saturated rings. The van der Waals surface area contributed by atoms with E-state index < -0.39 is 0 Å². The molecular formula is C24H30N4O4. The minimum atomic E-state index is -0.183. The largest absolute Gasteiger partial charge is 0.497 e. The molecular weight excluding hydrogens is 408 g/mol. The first-order valence-electron chi connectivity index (χ1n) is 11.0. The molecule has 3 aromatic rings. The molecule has 1 atom stereocenters. The number of benzene rings is 2. The second-order valence-electron chi connectivity index (χ2n) is 7.84. The molecule has 170 valence electrons. The molecule has 2 heterocycles. The monoisotopic (exact) mass is 438 g/mol. The molecule has 0 bridgehead atoms. The van der Waals surface area contributed by atoms with Gasteiger partial charge in [0.05, 0.1) is 37.4 Å². The van der Waals surface area contributed by atoms with Crippen LogP contribution in [0.5, 0.6) is 5.75 Å². The number of methoxy groups -OCH3 is 1. The highest BCUT2D eigenvalue weighted by Crippen LogP contribution is 2.23. The topological polar surface area (TPSA) is 77.7 Å². The van der Waals surface area contributed by atoms with E-state index in [1.165, 1.54) is 0 Å². The number of morpholine rings is 1. The van der Waals surface area contributed by atoms with Crippen molar-refractivity contribution in [2.75, 3.05) is 40.0 Å². The maximum absolute atomic E-state index is 12.9. The van der Waals surface area contributed by atoms with Gasteiger partial charge in [-0.05, 0) is 36.8 Å². The average Bonchev–Trinajstić information content (AvgIpc) is 3.10. The lowest BCUT2D eigenvalue weighted by Gasteiger charge is -2.35. The number of rotatable bonds is 8. The molecule has 1 saturated heterocycles. The molecule has 1 unspecified atom stereocenters. The van der Waals surface area contributed by atoms with Crippen LogP contribution in [-0.4, -0.2) is 59.9 Å². The fraction of sp³-hybridized carbons (Fsp3) is 0.417. The SMILES string of the molecule is CCn1c(=O)n(CC(=O)NCC(c2ccc(OC)cc2)N2CCOCC2)c2ccccc21. The maximum atomic E-state index is 12.9.